The minimum Gasteiger partial charge on any atom is -0.475 e. The van der Waals surface area contributed by atoms with E-state index in [0.29, 0.717) is 12.5 Å². The minimum atomic E-state index is -0.712. The zero-order chi connectivity index (χ0) is 17.6. The lowest BCUT2D eigenvalue weighted by Gasteiger charge is -2.12. The second kappa shape index (κ2) is 5.67. The fourth-order valence-electron chi connectivity index (χ4n) is 2.95. The summed E-state index contributed by atoms with van der Waals surface area (Å²) in [5, 5.41) is 18.8. The summed E-state index contributed by atoms with van der Waals surface area (Å²) in [7, 11) is 1.84. The first kappa shape index (κ1) is 15.8. The van der Waals surface area contributed by atoms with Gasteiger partial charge in [0.15, 0.2) is 0 Å². The van der Waals surface area contributed by atoms with Gasteiger partial charge in [-0.05, 0) is 49.2 Å². The van der Waals surface area contributed by atoms with Gasteiger partial charge in [-0.25, -0.2) is 9.67 Å². The van der Waals surface area contributed by atoms with Crippen LogP contribution in [-0.4, -0.2) is 38.1 Å². The molecule has 1 atom stereocenters. The van der Waals surface area contributed by atoms with Crippen molar-refractivity contribution < 1.29 is 9.84 Å². The molecule has 1 aromatic heterocycles. The van der Waals surface area contributed by atoms with E-state index in [4.69, 9.17) is 4.74 Å². The second-order valence-corrected chi connectivity index (χ2v) is 7.00. The fraction of sp³-hybridized carbons (Fsp3) is 0.316. The fourth-order valence-corrected chi connectivity index (χ4v) is 2.95. The van der Waals surface area contributed by atoms with Crippen molar-refractivity contribution in [2.24, 2.45) is 12.0 Å². The molecule has 6 heteroatoms. The molecule has 0 aliphatic carbocycles. The maximum Gasteiger partial charge on any atom is 0.216 e. The van der Waals surface area contributed by atoms with Gasteiger partial charge >= 0.3 is 0 Å². The van der Waals surface area contributed by atoms with Gasteiger partial charge in [-0.2, -0.15) is 0 Å². The number of hydrogen-bond donors (Lipinski definition) is 1. The molecule has 1 aliphatic rings. The van der Waals surface area contributed by atoms with Gasteiger partial charge in [0.2, 0.25) is 5.90 Å². The summed E-state index contributed by atoms with van der Waals surface area (Å²) in [6.45, 7) is 4.68. The van der Waals surface area contributed by atoms with Crippen LogP contribution in [0, 0.1) is 0 Å². The van der Waals surface area contributed by atoms with Crippen molar-refractivity contribution in [1.82, 2.24) is 15.0 Å². The Hall–Kier alpha value is -2.73. The normalized spacial score (nSPS) is 17.4. The highest BCUT2D eigenvalue weighted by Gasteiger charge is 2.27. The van der Waals surface area contributed by atoms with Crippen LogP contribution in [0.2, 0.25) is 0 Å². The molecule has 2 heterocycles. The van der Waals surface area contributed by atoms with Crippen LogP contribution in [0.25, 0.3) is 11.0 Å². The van der Waals surface area contributed by atoms with E-state index < -0.39 is 6.10 Å². The largest absolute Gasteiger partial charge is 0.475 e. The minimum absolute atomic E-state index is 0.180. The second-order valence-electron chi connectivity index (χ2n) is 7.00. The van der Waals surface area contributed by atoms with E-state index in [0.717, 1.165) is 27.7 Å². The molecule has 1 unspecified atom stereocenters. The molecule has 0 saturated heterocycles. The van der Waals surface area contributed by atoms with Crippen molar-refractivity contribution in [2.75, 3.05) is 6.61 Å². The van der Waals surface area contributed by atoms with Crippen LogP contribution in [0.3, 0.4) is 0 Å². The highest BCUT2D eigenvalue weighted by Crippen LogP contribution is 2.26. The average molecular weight is 336 g/mol. The average Bonchev–Trinajstić information content (AvgIpc) is 3.16. The summed E-state index contributed by atoms with van der Waals surface area (Å²) < 4.78 is 7.36. The van der Waals surface area contributed by atoms with Gasteiger partial charge in [0, 0.05) is 12.6 Å². The van der Waals surface area contributed by atoms with Gasteiger partial charge < -0.3 is 9.84 Å². The number of fused-ring (bicyclic) bond motifs is 1. The van der Waals surface area contributed by atoms with Gasteiger partial charge in [0.25, 0.3) is 0 Å². The number of hydrogen-bond acceptors (Lipinski definition) is 5. The Balaban J connectivity index is 1.61. The van der Waals surface area contributed by atoms with Crippen LogP contribution in [0.15, 0.2) is 47.5 Å². The highest BCUT2D eigenvalue weighted by atomic mass is 16.5. The van der Waals surface area contributed by atoms with Crippen molar-refractivity contribution in [3.63, 3.8) is 0 Å². The molecule has 6 nitrogen and oxygen atoms in total. The predicted octanol–water partition coefficient (Wildman–Crippen LogP) is 2.61. The monoisotopic (exact) mass is 336 g/mol. The van der Waals surface area contributed by atoms with E-state index in [9.17, 15) is 5.11 Å². The van der Waals surface area contributed by atoms with Gasteiger partial charge in [0.1, 0.15) is 18.2 Å². The van der Waals surface area contributed by atoms with Gasteiger partial charge in [-0.15, -0.1) is 5.10 Å². The van der Waals surface area contributed by atoms with Crippen molar-refractivity contribution >= 4 is 16.9 Å². The van der Waals surface area contributed by atoms with Crippen molar-refractivity contribution in [2.45, 2.75) is 25.5 Å². The Morgan fingerprint density at radius 3 is 2.52 bits per heavy atom. The molecule has 1 N–H and O–H groups in total. The third-order valence-electron chi connectivity index (χ3n) is 4.39. The number of aromatic nitrogens is 3. The van der Waals surface area contributed by atoms with Crippen LogP contribution in [-0.2, 0) is 11.8 Å². The van der Waals surface area contributed by atoms with Gasteiger partial charge in [-0.3, -0.25) is 0 Å². The third-order valence-corrected chi connectivity index (χ3v) is 4.39. The summed E-state index contributed by atoms with van der Waals surface area (Å²) in [5.41, 5.74) is 4.07. The summed E-state index contributed by atoms with van der Waals surface area (Å²) in [6, 6.07) is 13.3. The Morgan fingerprint density at radius 2 is 1.84 bits per heavy atom. The lowest BCUT2D eigenvalue weighted by Crippen LogP contribution is -2.17. The van der Waals surface area contributed by atoms with Crippen molar-refractivity contribution in [3.8, 4) is 0 Å². The number of aryl methyl sites for hydroxylation is 1. The Kier molecular flexibility index (Phi) is 3.58. The summed E-state index contributed by atoms with van der Waals surface area (Å²) in [6.07, 6.45) is -0.712. The summed E-state index contributed by atoms with van der Waals surface area (Å²) in [5.74, 6) is 0.661. The molecular weight excluding hydrogens is 316 g/mol. The number of nitrogens with zero attached hydrogens (tertiary/aromatic N) is 4. The third kappa shape index (κ3) is 2.89. The number of aliphatic hydroxyl groups excluding tert-OH is 1. The molecule has 128 valence electrons. The van der Waals surface area contributed by atoms with E-state index in [1.807, 2.05) is 63.4 Å². The van der Waals surface area contributed by atoms with Crippen LogP contribution in [0.1, 0.15) is 36.6 Å². The topological polar surface area (TPSA) is 72.5 Å². The molecule has 4 rings (SSSR count). The SMILES string of the molecule is Cn1nnc2ccc(C(O)c3ccc(C4=NC(C)(C)CO4)cc3)cc21. The first-order valence-electron chi connectivity index (χ1n) is 8.23. The summed E-state index contributed by atoms with van der Waals surface area (Å²) >= 11 is 0. The van der Waals surface area contributed by atoms with Crippen LogP contribution < -0.4 is 0 Å². The number of aliphatic hydroxyl groups is 1. The molecular formula is C19H20N4O2. The van der Waals surface area contributed by atoms with E-state index >= 15 is 0 Å². The highest BCUT2D eigenvalue weighted by molar-refractivity contribution is 5.95. The molecule has 0 radical (unpaired) electrons. The molecule has 0 spiro atoms. The molecule has 0 amide bonds. The van der Waals surface area contributed by atoms with E-state index in [1.54, 1.807) is 4.68 Å². The summed E-state index contributed by atoms with van der Waals surface area (Å²) in [4.78, 5) is 4.58. The molecule has 0 fully saturated rings. The predicted molar refractivity (Wildman–Crippen MR) is 95.6 cm³/mol. The molecule has 25 heavy (non-hydrogen) atoms. The zero-order valence-electron chi connectivity index (χ0n) is 14.5. The first-order valence-corrected chi connectivity index (χ1v) is 8.23. The van der Waals surface area contributed by atoms with Gasteiger partial charge in [0.05, 0.1) is 11.1 Å². The number of rotatable bonds is 3. The molecule has 2 aromatic carbocycles. The first-order chi connectivity index (χ1) is 11.9. The van der Waals surface area contributed by atoms with Crippen molar-refractivity contribution in [1.29, 1.82) is 0 Å². The Labute approximate surface area is 145 Å². The van der Waals surface area contributed by atoms with Crippen LogP contribution in [0.5, 0.6) is 0 Å². The maximum absolute atomic E-state index is 10.7. The number of ether oxygens (including phenoxy) is 1. The molecule has 0 saturated carbocycles. The number of aliphatic imine (C=N–C) groups is 1. The quantitative estimate of drug-likeness (QED) is 0.798. The lowest BCUT2D eigenvalue weighted by atomic mass is 10.00. The standard InChI is InChI=1S/C19H20N4O2/c1-19(2)11-25-18(20-19)13-6-4-12(5-7-13)17(24)14-8-9-15-16(10-14)23(3)22-21-15/h4-10,17,24H,11H2,1-3H3. The molecule has 0 bridgehead atoms. The van der Waals surface area contributed by atoms with E-state index in [-0.39, 0.29) is 5.54 Å². The van der Waals surface area contributed by atoms with Crippen molar-refractivity contribution in [3.05, 3.63) is 59.2 Å². The van der Waals surface area contributed by atoms with E-state index in [2.05, 4.69) is 15.3 Å². The Bertz CT molecular complexity index is 957. The lowest BCUT2D eigenvalue weighted by molar-refractivity contribution is 0.220. The molecule has 3 aromatic rings. The number of benzene rings is 2. The van der Waals surface area contributed by atoms with Gasteiger partial charge in [-0.1, -0.05) is 23.4 Å². The molecule has 1 aliphatic heterocycles. The Morgan fingerprint density at radius 1 is 1.12 bits per heavy atom. The maximum atomic E-state index is 10.7. The smallest absolute Gasteiger partial charge is 0.216 e. The zero-order valence-corrected chi connectivity index (χ0v) is 14.5. The van der Waals surface area contributed by atoms with E-state index in [1.165, 1.54) is 0 Å². The van der Waals surface area contributed by atoms with Crippen LogP contribution >= 0.6 is 0 Å². The van der Waals surface area contributed by atoms with Crippen LogP contribution in [0.4, 0.5) is 0 Å².